The van der Waals surface area contributed by atoms with Crippen LogP contribution in [-0.4, -0.2) is 34.2 Å². The van der Waals surface area contributed by atoms with Crippen LogP contribution in [0.4, 0.5) is 11.4 Å². The summed E-state index contributed by atoms with van der Waals surface area (Å²) in [6.45, 7) is 4.49. The number of pyridine rings is 1. The third kappa shape index (κ3) is 4.10. The molecule has 1 aliphatic heterocycles. The molecule has 1 saturated heterocycles. The molecule has 0 spiro atoms. The van der Waals surface area contributed by atoms with Crippen molar-refractivity contribution in [2.45, 2.75) is 45.6 Å². The van der Waals surface area contributed by atoms with Gasteiger partial charge in [-0.25, -0.2) is 4.98 Å². The number of piperidine rings is 1. The fourth-order valence-electron chi connectivity index (χ4n) is 3.42. The van der Waals surface area contributed by atoms with Crippen molar-refractivity contribution in [3.63, 3.8) is 0 Å². The van der Waals surface area contributed by atoms with Crippen molar-refractivity contribution in [3.8, 4) is 0 Å². The van der Waals surface area contributed by atoms with Gasteiger partial charge < -0.3 is 10.2 Å². The summed E-state index contributed by atoms with van der Waals surface area (Å²) in [4.78, 5) is 30.6. The highest BCUT2D eigenvalue weighted by Gasteiger charge is 2.26. The Morgan fingerprint density at radius 3 is 2.73 bits per heavy atom. The number of hydrogen-bond acceptors (Lipinski definition) is 4. The van der Waals surface area contributed by atoms with Gasteiger partial charge in [0.1, 0.15) is 5.69 Å². The molecule has 1 aromatic carbocycles. The number of carbonyl (C=O) groups is 2. The average Bonchev–Trinajstić information content (AvgIpc) is 2.68. The second-order valence-electron chi connectivity index (χ2n) is 6.75. The van der Waals surface area contributed by atoms with Gasteiger partial charge in [0.2, 0.25) is 0 Å². The van der Waals surface area contributed by atoms with E-state index in [4.69, 9.17) is 0 Å². The number of nitrogens with zero attached hydrogens (tertiary/aromatic N) is 2. The fraction of sp³-hybridized carbons (Fsp3) is 0.381. The lowest BCUT2D eigenvalue weighted by Gasteiger charge is -2.35. The highest BCUT2D eigenvalue weighted by Crippen LogP contribution is 2.22. The molecule has 1 amide bonds. The van der Waals surface area contributed by atoms with Crippen LogP contribution >= 0.6 is 0 Å². The minimum atomic E-state index is 0.0154. The molecular formula is C21H25N3O2. The van der Waals surface area contributed by atoms with E-state index in [1.165, 1.54) is 6.42 Å². The van der Waals surface area contributed by atoms with E-state index in [0.29, 0.717) is 17.3 Å². The second-order valence-corrected chi connectivity index (χ2v) is 6.75. The highest BCUT2D eigenvalue weighted by molar-refractivity contribution is 5.95. The molecule has 3 rings (SSSR count). The van der Waals surface area contributed by atoms with Crippen LogP contribution in [0, 0.1) is 0 Å². The topological polar surface area (TPSA) is 62.3 Å². The SMILES string of the molecule is CCC1CCCCN1C(=O)c1ccc(Nc2cccc(C(C)=O)c2)cn1. The maximum absolute atomic E-state index is 12.8. The van der Waals surface area contributed by atoms with Crippen LogP contribution in [0.2, 0.25) is 0 Å². The summed E-state index contributed by atoms with van der Waals surface area (Å²) < 4.78 is 0. The summed E-state index contributed by atoms with van der Waals surface area (Å²) in [5.41, 5.74) is 2.74. The molecule has 2 aromatic rings. The minimum Gasteiger partial charge on any atom is -0.354 e. The molecule has 1 aliphatic rings. The van der Waals surface area contributed by atoms with Crippen LogP contribution in [0.3, 0.4) is 0 Å². The maximum Gasteiger partial charge on any atom is 0.272 e. The molecule has 0 aliphatic carbocycles. The average molecular weight is 351 g/mol. The van der Waals surface area contributed by atoms with Crippen LogP contribution < -0.4 is 5.32 Å². The van der Waals surface area contributed by atoms with Crippen LogP contribution in [0.5, 0.6) is 0 Å². The molecule has 0 radical (unpaired) electrons. The van der Waals surface area contributed by atoms with Gasteiger partial charge in [-0.05, 0) is 56.9 Å². The molecule has 1 atom stereocenters. The molecule has 1 fully saturated rings. The third-order valence-corrected chi connectivity index (χ3v) is 4.90. The molecule has 0 saturated carbocycles. The van der Waals surface area contributed by atoms with Gasteiger partial charge in [-0.3, -0.25) is 9.59 Å². The van der Waals surface area contributed by atoms with Crippen molar-refractivity contribution in [2.24, 2.45) is 0 Å². The molecular weight excluding hydrogens is 326 g/mol. The zero-order valence-electron chi connectivity index (χ0n) is 15.4. The number of aromatic nitrogens is 1. The van der Waals surface area contributed by atoms with Crippen LogP contribution in [0.25, 0.3) is 0 Å². The van der Waals surface area contributed by atoms with Crippen molar-refractivity contribution in [2.75, 3.05) is 11.9 Å². The molecule has 5 nitrogen and oxygen atoms in total. The van der Waals surface area contributed by atoms with E-state index in [1.54, 1.807) is 31.3 Å². The van der Waals surface area contributed by atoms with Crippen molar-refractivity contribution in [1.82, 2.24) is 9.88 Å². The van der Waals surface area contributed by atoms with Crippen LogP contribution in [0.15, 0.2) is 42.6 Å². The number of Topliss-reactive ketones (excluding diaryl/α,β-unsaturated/α-hetero) is 1. The number of rotatable bonds is 5. The van der Waals surface area contributed by atoms with Crippen molar-refractivity contribution < 1.29 is 9.59 Å². The maximum atomic E-state index is 12.8. The monoisotopic (exact) mass is 351 g/mol. The predicted octanol–water partition coefficient (Wildman–Crippen LogP) is 4.43. The Hall–Kier alpha value is -2.69. The molecule has 1 aromatic heterocycles. The van der Waals surface area contributed by atoms with Crippen molar-refractivity contribution >= 4 is 23.1 Å². The standard InChI is InChI=1S/C21H25N3O2/c1-3-19-9-4-5-12-24(19)21(26)20-11-10-18(14-22-20)23-17-8-6-7-16(13-17)15(2)25/h6-8,10-11,13-14,19,23H,3-5,9,12H2,1-2H3. The van der Waals surface area contributed by atoms with Gasteiger partial charge >= 0.3 is 0 Å². The summed E-state index contributed by atoms with van der Waals surface area (Å²) >= 11 is 0. The Labute approximate surface area is 154 Å². The summed E-state index contributed by atoms with van der Waals surface area (Å²) in [5.74, 6) is 0.0430. The first-order chi connectivity index (χ1) is 12.6. The van der Waals surface area contributed by atoms with E-state index in [9.17, 15) is 9.59 Å². The fourth-order valence-corrected chi connectivity index (χ4v) is 3.42. The lowest BCUT2D eigenvalue weighted by atomic mass is 9.99. The first kappa shape index (κ1) is 18.1. The third-order valence-electron chi connectivity index (χ3n) is 4.90. The number of ketones is 1. The summed E-state index contributed by atoms with van der Waals surface area (Å²) in [7, 11) is 0. The van der Waals surface area contributed by atoms with Gasteiger partial charge in [0.05, 0.1) is 11.9 Å². The van der Waals surface area contributed by atoms with E-state index in [2.05, 4.69) is 17.2 Å². The highest BCUT2D eigenvalue weighted by atomic mass is 16.2. The first-order valence-corrected chi connectivity index (χ1v) is 9.23. The van der Waals surface area contributed by atoms with Gasteiger partial charge in [-0.1, -0.05) is 19.1 Å². The van der Waals surface area contributed by atoms with Crippen LogP contribution in [0.1, 0.15) is 60.4 Å². The van der Waals surface area contributed by atoms with Gasteiger partial charge in [0.15, 0.2) is 5.78 Å². The van der Waals surface area contributed by atoms with Crippen molar-refractivity contribution in [1.29, 1.82) is 0 Å². The molecule has 26 heavy (non-hydrogen) atoms. The lowest BCUT2D eigenvalue weighted by Crippen LogP contribution is -2.43. The smallest absolute Gasteiger partial charge is 0.272 e. The largest absolute Gasteiger partial charge is 0.354 e. The zero-order valence-corrected chi connectivity index (χ0v) is 15.4. The Morgan fingerprint density at radius 2 is 2.04 bits per heavy atom. The van der Waals surface area contributed by atoms with E-state index in [-0.39, 0.29) is 11.7 Å². The minimum absolute atomic E-state index is 0.0154. The molecule has 2 heterocycles. The number of benzene rings is 1. The first-order valence-electron chi connectivity index (χ1n) is 9.23. The molecule has 0 bridgehead atoms. The Balaban J connectivity index is 1.71. The summed E-state index contributed by atoms with van der Waals surface area (Å²) in [6, 6.07) is 11.3. The second kappa shape index (κ2) is 8.13. The van der Waals surface area contributed by atoms with Gasteiger partial charge in [-0.2, -0.15) is 0 Å². The number of carbonyl (C=O) groups excluding carboxylic acids is 2. The lowest BCUT2D eigenvalue weighted by molar-refractivity contribution is 0.0602. The number of hydrogen-bond donors (Lipinski definition) is 1. The number of anilines is 2. The zero-order chi connectivity index (χ0) is 18.5. The van der Waals surface area contributed by atoms with Gasteiger partial charge in [0, 0.05) is 23.8 Å². The van der Waals surface area contributed by atoms with Crippen LogP contribution in [-0.2, 0) is 0 Å². The van der Waals surface area contributed by atoms with Crippen molar-refractivity contribution in [3.05, 3.63) is 53.9 Å². The molecule has 5 heteroatoms. The van der Waals surface area contributed by atoms with Gasteiger partial charge in [-0.15, -0.1) is 0 Å². The normalized spacial score (nSPS) is 17.0. The Kier molecular flexibility index (Phi) is 5.66. The molecule has 1 unspecified atom stereocenters. The Morgan fingerprint density at radius 1 is 1.19 bits per heavy atom. The Bertz CT molecular complexity index is 786. The van der Waals surface area contributed by atoms with E-state index in [0.717, 1.165) is 37.2 Å². The van der Waals surface area contributed by atoms with Gasteiger partial charge in [0.25, 0.3) is 5.91 Å². The van der Waals surface area contributed by atoms with E-state index < -0.39 is 0 Å². The van der Waals surface area contributed by atoms with E-state index >= 15 is 0 Å². The summed E-state index contributed by atoms with van der Waals surface area (Å²) in [6.07, 6.45) is 5.98. The quantitative estimate of drug-likeness (QED) is 0.809. The number of amides is 1. The number of likely N-dealkylation sites (tertiary alicyclic amines) is 1. The molecule has 136 valence electrons. The summed E-state index contributed by atoms with van der Waals surface area (Å²) in [5, 5.41) is 3.23. The molecule has 1 N–H and O–H groups in total. The predicted molar refractivity (Wildman–Crippen MR) is 103 cm³/mol. The number of nitrogens with one attached hydrogen (secondary N) is 1. The van der Waals surface area contributed by atoms with E-state index in [1.807, 2.05) is 23.1 Å².